The number of nitrogens with one attached hydrogen (secondary N) is 1. The first kappa shape index (κ1) is 11.1. The van der Waals surface area contributed by atoms with Gasteiger partial charge < -0.3 is 9.84 Å². The lowest BCUT2D eigenvalue weighted by atomic mass is 10.1. The number of ether oxygens (including phenoxy) is 1. The minimum absolute atomic E-state index is 0.140. The van der Waals surface area contributed by atoms with Gasteiger partial charge in [0.2, 0.25) is 0 Å². The molecule has 2 aromatic heterocycles. The van der Waals surface area contributed by atoms with E-state index >= 15 is 0 Å². The van der Waals surface area contributed by atoms with E-state index in [-0.39, 0.29) is 16.9 Å². The van der Waals surface area contributed by atoms with E-state index in [0.29, 0.717) is 11.1 Å². The summed E-state index contributed by atoms with van der Waals surface area (Å²) in [4.78, 5) is 26.3. The summed E-state index contributed by atoms with van der Waals surface area (Å²) in [5.41, 5.74) is 0.707. The molecule has 0 radical (unpaired) electrons. The highest BCUT2D eigenvalue weighted by atomic mass is 16.5. The largest absolute Gasteiger partial charge is 0.477 e. The maximum atomic E-state index is 11.6. The van der Waals surface area contributed by atoms with Gasteiger partial charge in [-0.1, -0.05) is 0 Å². The van der Waals surface area contributed by atoms with Crippen LogP contribution in [0.5, 0.6) is 0 Å². The van der Waals surface area contributed by atoms with Crippen molar-refractivity contribution < 1.29 is 19.4 Å². The number of carboxylic acid groups (broad SMARTS) is 1. The molecule has 2 N–H and O–H groups in total. The zero-order valence-corrected chi connectivity index (χ0v) is 9.14. The third kappa shape index (κ3) is 1.71. The van der Waals surface area contributed by atoms with Gasteiger partial charge in [-0.05, 0) is 13.0 Å². The van der Waals surface area contributed by atoms with Crippen molar-refractivity contribution in [3.63, 3.8) is 0 Å². The minimum Gasteiger partial charge on any atom is -0.477 e. The molecule has 0 spiro atoms. The molecule has 2 aromatic rings. The minimum atomic E-state index is -1.22. The molecule has 2 heterocycles. The van der Waals surface area contributed by atoms with Crippen LogP contribution in [-0.4, -0.2) is 39.3 Å². The van der Waals surface area contributed by atoms with Crippen molar-refractivity contribution >= 4 is 23.0 Å². The lowest BCUT2D eigenvalue weighted by molar-refractivity contribution is 0.0603. The molecule has 0 unspecified atom stereocenters. The third-order valence-corrected chi connectivity index (χ3v) is 2.33. The molecule has 2 rings (SSSR count). The maximum absolute atomic E-state index is 11.6. The Bertz CT molecular complexity index is 617. The quantitative estimate of drug-likeness (QED) is 0.744. The first-order valence-corrected chi connectivity index (χ1v) is 4.72. The summed E-state index contributed by atoms with van der Waals surface area (Å²) in [5, 5.41) is 15.8. The van der Waals surface area contributed by atoms with Gasteiger partial charge in [-0.15, -0.1) is 0 Å². The summed E-state index contributed by atoms with van der Waals surface area (Å²) >= 11 is 0. The number of nitrogens with zero attached hydrogens (tertiary/aromatic N) is 2. The Labute approximate surface area is 95.4 Å². The summed E-state index contributed by atoms with van der Waals surface area (Å²) in [5.74, 6) is -1.85. The normalized spacial score (nSPS) is 10.5. The van der Waals surface area contributed by atoms with E-state index in [1.54, 1.807) is 6.92 Å². The third-order valence-electron chi connectivity index (χ3n) is 2.33. The van der Waals surface area contributed by atoms with Crippen LogP contribution in [0.2, 0.25) is 0 Å². The fraction of sp³-hybridized carbons (Fsp3) is 0.200. The number of H-pyrrole nitrogens is 1. The molecule has 0 fully saturated rings. The highest BCUT2D eigenvalue weighted by molar-refractivity contribution is 6.05. The van der Waals surface area contributed by atoms with E-state index in [1.165, 1.54) is 13.2 Å². The number of aryl methyl sites for hydroxylation is 1. The van der Waals surface area contributed by atoms with Crippen molar-refractivity contribution in [1.82, 2.24) is 15.2 Å². The Hall–Kier alpha value is -2.44. The Balaban J connectivity index is 2.80. The van der Waals surface area contributed by atoms with Gasteiger partial charge >= 0.3 is 11.9 Å². The number of aromatic nitrogens is 3. The van der Waals surface area contributed by atoms with Gasteiger partial charge in [0, 0.05) is 5.69 Å². The number of rotatable bonds is 2. The molecule has 0 aliphatic carbocycles. The molecule has 0 saturated carbocycles. The Morgan fingerprint density at radius 3 is 2.76 bits per heavy atom. The SMILES string of the molecule is COC(=O)c1cc(C(=O)O)nc2n[nH]c(C)c12. The van der Waals surface area contributed by atoms with Crippen LogP contribution in [0, 0.1) is 6.92 Å². The van der Waals surface area contributed by atoms with Crippen LogP contribution in [0.4, 0.5) is 0 Å². The van der Waals surface area contributed by atoms with Crippen molar-refractivity contribution in [2.75, 3.05) is 7.11 Å². The zero-order chi connectivity index (χ0) is 12.6. The fourth-order valence-corrected chi connectivity index (χ4v) is 1.56. The molecule has 0 aliphatic rings. The van der Waals surface area contributed by atoms with Crippen LogP contribution in [0.25, 0.3) is 11.0 Å². The molecule has 0 aromatic carbocycles. The molecule has 0 atom stereocenters. The first-order valence-electron chi connectivity index (χ1n) is 4.72. The molecule has 0 saturated heterocycles. The maximum Gasteiger partial charge on any atom is 0.354 e. The number of hydrogen-bond acceptors (Lipinski definition) is 5. The second kappa shape index (κ2) is 3.85. The number of aromatic carboxylic acids is 1. The number of methoxy groups -OCH3 is 1. The number of esters is 1. The number of carboxylic acids is 1. The van der Waals surface area contributed by atoms with Crippen molar-refractivity contribution in [3.8, 4) is 0 Å². The number of aromatic amines is 1. The summed E-state index contributed by atoms with van der Waals surface area (Å²) in [6.45, 7) is 1.71. The van der Waals surface area contributed by atoms with E-state index in [9.17, 15) is 9.59 Å². The molecule has 88 valence electrons. The summed E-state index contributed by atoms with van der Waals surface area (Å²) in [6.07, 6.45) is 0. The van der Waals surface area contributed by atoms with E-state index in [1.807, 2.05) is 0 Å². The van der Waals surface area contributed by atoms with Crippen molar-refractivity contribution in [2.45, 2.75) is 6.92 Å². The van der Waals surface area contributed by atoms with E-state index in [4.69, 9.17) is 5.11 Å². The Morgan fingerprint density at radius 2 is 2.18 bits per heavy atom. The van der Waals surface area contributed by atoms with Crippen LogP contribution >= 0.6 is 0 Å². The van der Waals surface area contributed by atoms with Crippen molar-refractivity contribution in [2.24, 2.45) is 0 Å². The second-order valence-corrected chi connectivity index (χ2v) is 3.40. The van der Waals surface area contributed by atoms with Gasteiger partial charge in [0.25, 0.3) is 0 Å². The molecule has 0 amide bonds. The Kier molecular flexibility index (Phi) is 2.51. The van der Waals surface area contributed by atoms with Crippen LogP contribution in [-0.2, 0) is 4.74 Å². The molecule has 7 heteroatoms. The van der Waals surface area contributed by atoms with Gasteiger partial charge in [-0.2, -0.15) is 5.10 Å². The van der Waals surface area contributed by atoms with Crippen molar-refractivity contribution in [3.05, 3.63) is 23.0 Å². The predicted octanol–water partition coefficient (Wildman–Crippen LogP) is 0.751. The molecular formula is C10H9N3O4. The lowest BCUT2D eigenvalue weighted by Crippen LogP contribution is -2.08. The van der Waals surface area contributed by atoms with Crippen LogP contribution < -0.4 is 0 Å². The second-order valence-electron chi connectivity index (χ2n) is 3.40. The number of fused-ring (bicyclic) bond motifs is 1. The average molecular weight is 235 g/mol. The summed E-state index contributed by atoms with van der Waals surface area (Å²) < 4.78 is 4.60. The van der Waals surface area contributed by atoms with Gasteiger partial charge in [-0.3, -0.25) is 5.10 Å². The van der Waals surface area contributed by atoms with E-state index in [2.05, 4.69) is 19.9 Å². The highest BCUT2D eigenvalue weighted by Gasteiger charge is 2.19. The van der Waals surface area contributed by atoms with Crippen molar-refractivity contribution in [1.29, 1.82) is 0 Å². The summed E-state index contributed by atoms with van der Waals surface area (Å²) in [6, 6.07) is 1.18. The predicted molar refractivity (Wildman–Crippen MR) is 56.9 cm³/mol. The Morgan fingerprint density at radius 1 is 1.47 bits per heavy atom. The smallest absolute Gasteiger partial charge is 0.354 e. The monoisotopic (exact) mass is 235 g/mol. The average Bonchev–Trinajstić information content (AvgIpc) is 2.69. The lowest BCUT2D eigenvalue weighted by Gasteiger charge is -2.02. The van der Waals surface area contributed by atoms with Crippen LogP contribution in [0.1, 0.15) is 26.5 Å². The number of carbonyl (C=O) groups is 2. The zero-order valence-electron chi connectivity index (χ0n) is 9.14. The topological polar surface area (TPSA) is 105 Å². The van der Waals surface area contributed by atoms with Gasteiger partial charge in [0.1, 0.15) is 0 Å². The first-order chi connectivity index (χ1) is 8.04. The number of carbonyl (C=O) groups excluding carboxylic acids is 1. The van der Waals surface area contributed by atoms with Gasteiger partial charge in [-0.25, -0.2) is 14.6 Å². The highest BCUT2D eigenvalue weighted by Crippen LogP contribution is 2.20. The molecule has 0 aliphatic heterocycles. The van der Waals surface area contributed by atoms with Gasteiger partial charge in [0.05, 0.1) is 18.1 Å². The van der Waals surface area contributed by atoms with Crippen LogP contribution in [0.15, 0.2) is 6.07 Å². The molecule has 0 bridgehead atoms. The molecular weight excluding hydrogens is 226 g/mol. The van der Waals surface area contributed by atoms with E-state index in [0.717, 1.165) is 0 Å². The van der Waals surface area contributed by atoms with Gasteiger partial charge in [0.15, 0.2) is 11.3 Å². The molecule has 17 heavy (non-hydrogen) atoms. The standard InChI is InChI=1S/C10H9N3O4/c1-4-7-5(10(16)17-2)3-6(9(14)15)11-8(7)13-12-4/h3H,1-2H3,(H,14,15)(H,11,12,13). The summed E-state index contributed by atoms with van der Waals surface area (Å²) in [7, 11) is 1.23. The number of pyridine rings is 1. The van der Waals surface area contributed by atoms with E-state index < -0.39 is 11.9 Å². The van der Waals surface area contributed by atoms with Crippen LogP contribution in [0.3, 0.4) is 0 Å². The fourth-order valence-electron chi connectivity index (χ4n) is 1.56. The molecule has 7 nitrogen and oxygen atoms in total. The number of hydrogen-bond donors (Lipinski definition) is 2.